The first kappa shape index (κ1) is 9.56. The predicted octanol–water partition coefficient (Wildman–Crippen LogP) is 1.43. The van der Waals surface area contributed by atoms with Gasteiger partial charge in [0.25, 0.3) is 0 Å². The number of nitrogens with zero attached hydrogens (tertiary/aromatic N) is 1. The van der Waals surface area contributed by atoms with Crippen molar-refractivity contribution in [1.82, 2.24) is 3.11 Å². The zero-order valence-electron chi connectivity index (χ0n) is 5.63. The molecule has 0 aliphatic carbocycles. The first-order valence-corrected chi connectivity index (χ1v) is 3.72. The fraction of sp³-hybridized carbons (Fsp3) is 0.500. The van der Waals surface area contributed by atoms with Crippen LogP contribution in [0.5, 0.6) is 0 Å². The third-order valence-corrected chi connectivity index (χ3v) is 1.43. The SMILES string of the molecule is C#CCN(I)C(=O)OCC. The molecule has 0 radical (unpaired) electrons. The maximum atomic E-state index is 10.7. The summed E-state index contributed by atoms with van der Waals surface area (Å²) >= 11 is 1.81. The van der Waals surface area contributed by atoms with Gasteiger partial charge in [0.1, 0.15) is 0 Å². The number of carbonyl (C=O) groups excluding carboxylic acids is 1. The highest BCUT2D eigenvalue weighted by Crippen LogP contribution is 2.00. The van der Waals surface area contributed by atoms with E-state index in [1.807, 2.05) is 22.9 Å². The van der Waals surface area contributed by atoms with Crippen LogP contribution in [0.2, 0.25) is 0 Å². The van der Waals surface area contributed by atoms with Gasteiger partial charge in [-0.2, -0.15) is 0 Å². The minimum atomic E-state index is -0.388. The molecule has 0 unspecified atom stereocenters. The van der Waals surface area contributed by atoms with Gasteiger partial charge < -0.3 is 4.74 Å². The smallest absolute Gasteiger partial charge is 0.419 e. The Balaban J connectivity index is 3.62. The first-order valence-electron chi connectivity index (χ1n) is 2.76. The van der Waals surface area contributed by atoms with Gasteiger partial charge in [-0.05, 0) is 6.92 Å². The maximum Gasteiger partial charge on any atom is 0.419 e. The Morgan fingerprint density at radius 3 is 2.90 bits per heavy atom. The molecule has 0 saturated heterocycles. The highest BCUT2D eigenvalue weighted by Gasteiger charge is 2.07. The summed E-state index contributed by atoms with van der Waals surface area (Å²) in [6.45, 7) is 2.40. The molecule has 0 bridgehead atoms. The van der Waals surface area contributed by atoms with Crippen LogP contribution in [-0.2, 0) is 4.74 Å². The lowest BCUT2D eigenvalue weighted by Gasteiger charge is -2.09. The minimum Gasteiger partial charge on any atom is -0.449 e. The number of hydrogen-bond acceptors (Lipinski definition) is 2. The average molecular weight is 253 g/mol. The number of ether oxygens (including phenoxy) is 1. The second kappa shape index (κ2) is 5.35. The van der Waals surface area contributed by atoms with E-state index >= 15 is 0 Å². The fourth-order valence-corrected chi connectivity index (χ4v) is 0.674. The number of rotatable bonds is 2. The molecule has 0 aromatic heterocycles. The van der Waals surface area contributed by atoms with E-state index < -0.39 is 0 Å². The number of terminal acetylenes is 1. The summed E-state index contributed by atoms with van der Waals surface area (Å²) in [5, 5.41) is 0. The maximum absolute atomic E-state index is 10.7. The van der Waals surface area contributed by atoms with Crippen LogP contribution in [0.3, 0.4) is 0 Å². The third kappa shape index (κ3) is 3.56. The molecule has 0 aliphatic heterocycles. The summed E-state index contributed by atoms with van der Waals surface area (Å²) in [5.41, 5.74) is 0. The number of carbonyl (C=O) groups is 1. The molecule has 0 fully saturated rings. The van der Waals surface area contributed by atoms with Crippen molar-refractivity contribution in [3.63, 3.8) is 0 Å². The molecule has 0 heterocycles. The lowest BCUT2D eigenvalue weighted by atomic mass is 10.7. The molecule has 0 atom stereocenters. The molecule has 0 N–H and O–H groups in total. The Morgan fingerprint density at radius 1 is 1.90 bits per heavy atom. The second-order valence-corrected chi connectivity index (χ2v) is 2.59. The lowest BCUT2D eigenvalue weighted by molar-refractivity contribution is 0.140. The zero-order valence-corrected chi connectivity index (χ0v) is 7.79. The van der Waals surface area contributed by atoms with Gasteiger partial charge in [-0.15, -0.1) is 6.42 Å². The van der Waals surface area contributed by atoms with Crippen LogP contribution < -0.4 is 0 Å². The van der Waals surface area contributed by atoms with Gasteiger partial charge in [0, 0.05) is 0 Å². The van der Waals surface area contributed by atoms with Crippen LogP contribution >= 0.6 is 22.9 Å². The van der Waals surface area contributed by atoms with Gasteiger partial charge in [0.2, 0.25) is 0 Å². The molecular formula is C6H8INO2. The molecule has 0 aromatic carbocycles. The quantitative estimate of drug-likeness (QED) is 0.423. The third-order valence-electron chi connectivity index (χ3n) is 0.696. The van der Waals surface area contributed by atoms with Crippen molar-refractivity contribution in [3.05, 3.63) is 0 Å². The average Bonchev–Trinajstić information content (AvgIpc) is 1.89. The van der Waals surface area contributed by atoms with E-state index in [0.717, 1.165) is 0 Å². The van der Waals surface area contributed by atoms with E-state index in [1.54, 1.807) is 6.92 Å². The summed E-state index contributed by atoms with van der Waals surface area (Å²) in [6, 6.07) is 0. The lowest BCUT2D eigenvalue weighted by Crippen LogP contribution is -2.21. The molecule has 0 aromatic rings. The van der Waals surface area contributed by atoms with E-state index in [9.17, 15) is 4.79 Å². The molecule has 0 rings (SSSR count). The summed E-state index contributed by atoms with van der Waals surface area (Å²) in [6.07, 6.45) is 4.57. The Hall–Kier alpha value is -0.440. The largest absolute Gasteiger partial charge is 0.449 e. The van der Waals surface area contributed by atoms with Gasteiger partial charge in [-0.3, -0.25) is 0 Å². The van der Waals surface area contributed by atoms with Crippen molar-refractivity contribution in [2.45, 2.75) is 6.92 Å². The minimum absolute atomic E-state index is 0.277. The summed E-state index contributed by atoms with van der Waals surface area (Å²) in [7, 11) is 0. The topological polar surface area (TPSA) is 29.5 Å². The van der Waals surface area contributed by atoms with Crippen LogP contribution in [0.4, 0.5) is 4.79 Å². The van der Waals surface area contributed by atoms with Gasteiger partial charge in [-0.25, -0.2) is 7.91 Å². The highest BCUT2D eigenvalue weighted by molar-refractivity contribution is 14.1. The molecule has 4 heteroatoms. The van der Waals surface area contributed by atoms with E-state index in [0.29, 0.717) is 6.61 Å². The zero-order chi connectivity index (χ0) is 7.98. The second-order valence-electron chi connectivity index (χ2n) is 1.42. The molecule has 0 spiro atoms. The van der Waals surface area contributed by atoms with Crippen LogP contribution in [0, 0.1) is 12.3 Å². The van der Waals surface area contributed by atoms with Crippen molar-refractivity contribution >= 4 is 29.0 Å². The molecule has 3 nitrogen and oxygen atoms in total. The van der Waals surface area contributed by atoms with E-state index in [2.05, 4.69) is 10.7 Å². The van der Waals surface area contributed by atoms with Gasteiger partial charge in [-0.1, -0.05) is 5.92 Å². The fourth-order valence-electron chi connectivity index (χ4n) is 0.338. The summed E-state index contributed by atoms with van der Waals surface area (Å²) < 4.78 is 5.95. The molecule has 0 saturated carbocycles. The molecule has 10 heavy (non-hydrogen) atoms. The van der Waals surface area contributed by atoms with E-state index in [1.165, 1.54) is 3.11 Å². The molecule has 56 valence electrons. The van der Waals surface area contributed by atoms with Gasteiger partial charge in [0.15, 0.2) is 0 Å². The predicted molar refractivity (Wildman–Crippen MR) is 46.6 cm³/mol. The number of amides is 1. The molecule has 1 amide bonds. The molecular weight excluding hydrogens is 245 g/mol. The van der Waals surface area contributed by atoms with Crippen molar-refractivity contribution < 1.29 is 9.53 Å². The van der Waals surface area contributed by atoms with Crippen LogP contribution in [-0.4, -0.2) is 22.4 Å². The molecule has 0 aliphatic rings. The summed E-state index contributed by atoms with van der Waals surface area (Å²) in [4.78, 5) is 10.7. The van der Waals surface area contributed by atoms with Crippen LogP contribution in [0.25, 0.3) is 0 Å². The summed E-state index contributed by atoms with van der Waals surface area (Å²) in [5.74, 6) is 2.32. The number of halogens is 1. The van der Waals surface area contributed by atoms with E-state index in [-0.39, 0.29) is 12.6 Å². The van der Waals surface area contributed by atoms with Crippen LogP contribution in [0.1, 0.15) is 6.92 Å². The monoisotopic (exact) mass is 253 g/mol. The Morgan fingerprint density at radius 2 is 2.50 bits per heavy atom. The Kier molecular flexibility index (Phi) is 5.12. The van der Waals surface area contributed by atoms with Crippen molar-refractivity contribution in [1.29, 1.82) is 0 Å². The Bertz CT molecular complexity index is 152. The van der Waals surface area contributed by atoms with Gasteiger partial charge >= 0.3 is 6.09 Å². The Labute approximate surface area is 74.2 Å². The van der Waals surface area contributed by atoms with Crippen LogP contribution in [0.15, 0.2) is 0 Å². The standard InChI is InChI=1S/C6H8INO2/c1-3-5-8(7)6(9)10-4-2/h1H,4-5H2,2H3. The first-order chi connectivity index (χ1) is 4.72. The normalized spacial score (nSPS) is 8.10. The number of hydrogen-bond donors (Lipinski definition) is 0. The van der Waals surface area contributed by atoms with Crippen molar-refractivity contribution in [2.24, 2.45) is 0 Å². The van der Waals surface area contributed by atoms with Crippen molar-refractivity contribution in [2.75, 3.05) is 13.2 Å². The van der Waals surface area contributed by atoms with Gasteiger partial charge in [0.05, 0.1) is 36.0 Å². The highest BCUT2D eigenvalue weighted by atomic mass is 127. The van der Waals surface area contributed by atoms with Crippen molar-refractivity contribution in [3.8, 4) is 12.3 Å². The van der Waals surface area contributed by atoms with E-state index in [4.69, 9.17) is 6.42 Å².